The molecule has 1 aromatic heterocycles. The molecule has 1 aliphatic rings. The molecular formula is C23H28FN3O2. The van der Waals surface area contributed by atoms with Crippen LogP contribution in [0.1, 0.15) is 54.2 Å². The van der Waals surface area contributed by atoms with Crippen molar-refractivity contribution >= 4 is 11.5 Å². The lowest BCUT2D eigenvalue weighted by molar-refractivity contribution is 0.0704. The Hall–Kier alpha value is -2.89. The zero-order valence-corrected chi connectivity index (χ0v) is 17.5. The molecule has 0 saturated carbocycles. The maximum Gasteiger partial charge on any atom is 0.260 e. The SMILES string of the molecule is CC=C(/C=C\C)c1c(C2CCN(C(=O)c3c(F)cccc3OC)CC2)cnn1C. The molecule has 0 N–H and O–H groups in total. The second-order valence-corrected chi connectivity index (χ2v) is 7.20. The zero-order chi connectivity index (χ0) is 21.0. The Morgan fingerprint density at radius 2 is 2.00 bits per heavy atom. The highest BCUT2D eigenvalue weighted by atomic mass is 19.1. The lowest BCUT2D eigenvalue weighted by Gasteiger charge is -2.32. The van der Waals surface area contributed by atoms with E-state index in [1.165, 1.54) is 18.7 Å². The molecule has 0 unspecified atom stereocenters. The predicted molar refractivity (Wildman–Crippen MR) is 113 cm³/mol. The van der Waals surface area contributed by atoms with Gasteiger partial charge in [0.05, 0.1) is 19.0 Å². The van der Waals surface area contributed by atoms with Crippen LogP contribution in [-0.4, -0.2) is 40.8 Å². The lowest BCUT2D eigenvalue weighted by Crippen LogP contribution is -2.38. The number of amides is 1. The minimum absolute atomic E-state index is 0.0137. The number of likely N-dealkylation sites (tertiary alicyclic amines) is 1. The quantitative estimate of drug-likeness (QED) is 0.695. The van der Waals surface area contributed by atoms with Crippen LogP contribution in [0.2, 0.25) is 0 Å². The molecule has 0 spiro atoms. The fourth-order valence-electron chi connectivity index (χ4n) is 4.03. The van der Waals surface area contributed by atoms with Crippen LogP contribution in [0, 0.1) is 5.82 Å². The van der Waals surface area contributed by atoms with Gasteiger partial charge in [-0.15, -0.1) is 0 Å². The minimum Gasteiger partial charge on any atom is -0.496 e. The summed E-state index contributed by atoms with van der Waals surface area (Å²) in [5.74, 6) is -0.274. The first kappa shape index (κ1) is 20.8. The maximum absolute atomic E-state index is 14.3. The summed E-state index contributed by atoms with van der Waals surface area (Å²) in [7, 11) is 3.40. The van der Waals surface area contributed by atoms with Gasteiger partial charge in [-0.05, 0) is 50.3 Å². The molecule has 1 aromatic carbocycles. The van der Waals surface area contributed by atoms with Gasteiger partial charge in [-0.1, -0.05) is 24.3 Å². The molecule has 2 heterocycles. The topological polar surface area (TPSA) is 47.4 Å². The van der Waals surface area contributed by atoms with Crippen LogP contribution >= 0.6 is 0 Å². The lowest BCUT2D eigenvalue weighted by atomic mass is 9.87. The highest BCUT2D eigenvalue weighted by Gasteiger charge is 2.30. The van der Waals surface area contributed by atoms with Gasteiger partial charge in [-0.25, -0.2) is 4.39 Å². The van der Waals surface area contributed by atoms with E-state index in [1.54, 1.807) is 17.0 Å². The van der Waals surface area contributed by atoms with E-state index in [0.29, 0.717) is 19.0 Å². The largest absolute Gasteiger partial charge is 0.496 e. The molecule has 0 radical (unpaired) electrons. The third kappa shape index (κ3) is 4.11. The first-order valence-corrected chi connectivity index (χ1v) is 9.94. The van der Waals surface area contributed by atoms with Crippen LogP contribution in [0.5, 0.6) is 5.75 Å². The van der Waals surface area contributed by atoms with E-state index in [9.17, 15) is 9.18 Å². The summed E-state index contributed by atoms with van der Waals surface area (Å²) in [6, 6.07) is 4.46. The van der Waals surface area contributed by atoms with E-state index in [1.807, 2.05) is 37.8 Å². The number of halogens is 1. The van der Waals surface area contributed by atoms with Crippen molar-refractivity contribution in [1.29, 1.82) is 0 Å². The van der Waals surface area contributed by atoms with E-state index in [4.69, 9.17) is 4.74 Å². The van der Waals surface area contributed by atoms with E-state index >= 15 is 0 Å². The van der Waals surface area contributed by atoms with Crippen molar-refractivity contribution in [3.8, 4) is 5.75 Å². The number of piperidine rings is 1. The molecule has 1 aliphatic heterocycles. The number of methoxy groups -OCH3 is 1. The van der Waals surface area contributed by atoms with Gasteiger partial charge in [0, 0.05) is 25.7 Å². The van der Waals surface area contributed by atoms with Gasteiger partial charge in [-0.3, -0.25) is 9.48 Å². The van der Waals surface area contributed by atoms with Crippen molar-refractivity contribution in [1.82, 2.24) is 14.7 Å². The first-order valence-electron chi connectivity index (χ1n) is 9.94. The third-order valence-corrected chi connectivity index (χ3v) is 5.53. The summed E-state index contributed by atoms with van der Waals surface area (Å²) >= 11 is 0. The normalized spacial score (nSPS) is 15.9. The summed E-state index contributed by atoms with van der Waals surface area (Å²) in [6.07, 6.45) is 9.76. The van der Waals surface area contributed by atoms with Gasteiger partial charge in [0.1, 0.15) is 17.1 Å². The van der Waals surface area contributed by atoms with Crippen molar-refractivity contribution in [2.45, 2.75) is 32.6 Å². The van der Waals surface area contributed by atoms with Crippen LogP contribution in [0.25, 0.3) is 5.57 Å². The highest BCUT2D eigenvalue weighted by Crippen LogP contribution is 2.34. The Kier molecular flexibility index (Phi) is 6.52. The van der Waals surface area contributed by atoms with Crippen LogP contribution < -0.4 is 4.74 Å². The molecule has 0 atom stereocenters. The second kappa shape index (κ2) is 9.07. The fraction of sp³-hybridized carbons (Fsp3) is 0.391. The van der Waals surface area contributed by atoms with Crippen LogP contribution in [-0.2, 0) is 7.05 Å². The van der Waals surface area contributed by atoms with Gasteiger partial charge in [0.25, 0.3) is 5.91 Å². The summed E-state index contributed by atoms with van der Waals surface area (Å²) in [6.45, 7) is 5.17. The molecule has 2 aromatic rings. The number of nitrogens with zero attached hydrogens (tertiary/aromatic N) is 3. The van der Waals surface area contributed by atoms with Crippen molar-refractivity contribution in [3.05, 3.63) is 65.3 Å². The average Bonchev–Trinajstić information content (AvgIpc) is 3.12. The number of carbonyl (C=O) groups is 1. The van der Waals surface area contributed by atoms with Gasteiger partial charge in [0.2, 0.25) is 0 Å². The molecule has 1 amide bonds. The number of allylic oxidation sites excluding steroid dienone is 4. The van der Waals surface area contributed by atoms with Gasteiger partial charge in [-0.2, -0.15) is 5.10 Å². The predicted octanol–water partition coefficient (Wildman–Crippen LogP) is 4.57. The Labute approximate surface area is 171 Å². The number of hydrogen-bond donors (Lipinski definition) is 0. The Bertz CT molecular complexity index is 938. The third-order valence-electron chi connectivity index (χ3n) is 5.53. The van der Waals surface area contributed by atoms with E-state index < -0.39 is 5.82 Å². The summed E-state index contributed by atoms with van der Waals surface area (Å²) in [5.41, 5.74) is 3.47. The van der Waals surface area contributed by atoms with Crippen LogP contribution in [0.4, 0.5) is 4.39 Å². The van der Waals surface area contributed by atoms with Crippen molar-refractivity contribution in [2.75, 3.05) is 20.2 Å². The average molecular weight is 397 g/mol. The fourth-order valence-corrected chi connectivity index (χ4v) is 4.03. The standard InChI is InChI=1S/C23H28FN3O2/c1-5-8-16(6-2)22-18(15-25-26(22)3)17-11-13-27(14-12-17)23(28)21-19(24)9-7-10-20(21)29-4/h5-10,15,17H,11-14H2,1-4H3/b8-5-,16-6?. The highest BCUT2D eigenvalue weighted by molar-refractivity contribution is 5.97. The van der Waals surface area contributed by atoms with Crippen molar-refractivity contribution in [2.24, 2.45) is 7.05 Å². The van der Waals surface area contributed by atoms with Crippen molar-refractivity contribution < 1.29 is 13.9 Å². The molecule has 1 fully saturated rings. The Balaban J connectivity index is 1.78. The zero-order valence-electron chi connectivity index (χ0n) is 17.5. The van der Waals surface area contributed by atoms with Crippen LogP contribution in [0.15, 0.2) is 42.6 Å². The van der Waals surface area contributed by atoms with Gasteiger partial charge < -0.3 is 9.64 Å². The summed E-state index contributed by atoms with van der Waals surface area (Å²) in [4.78, 5) is 14.6. The Morgan fingerprint density at radius 3 is 2.62 bits per heavy atom. The number of aryl methyl sites for hydroxylation is 1. The van der Waals surface area contributed by atoms with Gasteiger partial charge >= 0.3 is 0 Å². The molecule has 5 nitrogen and oxygen atoms in total. The number of carbonyl (C=O) groups excluding carboxylic acids is 1. The first-order chi connectivity index (χ1) is 14.0. The minimum atomic E-state index is -0.546. The van der Waals surface area contributed by atoms with E-state index in [2.05, 4.69) is 17.3 Å². The number of benzene rings is 1. The van der Waals surface area contributed by atoms with Crippen LogP contribution in [0.3, 0.4) is 0 Å². The van der Waals surface area contributed by atoms with E-state index in [-0.39, 0.29) is 17.2 Å². The van der Waals surface area contributed by atoms with E-state index in [0.717, 1.165) is 24.1 Å². The second-order valence-electron chi connectivity index (χ2n) is 7.20. The number of aromatic nitrogens is 2. The Morgan fingerprint density at radius 1 is 1.28 bits per heavy atom. The molecule has 6 heteroatoms. The summed E-state index contributed by atoms with van der Waals surface area (Å²) in [5, 5.41) is 4.47. The summed E-state index contributed by atoms with van der Waals surface area (Å²) < 4.78 is 21.4. The molecular weight excluding hydrogens is 369 g/mol. The monoisotopic (exact) mass is 397 g/mol. The maximum atomic E-state index is 14.3. The molecule has 3 rings (SSSR count). The number of ether oxygens (including phenoxy) is 1. The number of rotatable bonds is 5. The van der Waals surface area contributed by atoms with Gasteiger partial charge in [0.15, 0.2) is 0 Å². The molecule has 154 valence electrons. The molecule has 1 saturated heterocycles. The molecule has 0 bridgehead atoms. The smallest absolute Gasteiger partial charge is 0.260 e. The van der Waals surface area contributed by atoms with Crippen molar-refractivity contribution in [3.63, 3.8) is 0 Å². The molecule has 29 heavy (non-hydrogen) atoms. The number of hydrogen-bond acceptors (Lipinski definition) is 3. The molecule has 0 aliphatic carbocycles.